The second kappa shape index (κ2) is 10.8. The molecule has 0 aliphatic carbocycles. The summed E-state index contributed by atoms with van der Waals surface area (Å²) in [5, 5.41) is 11.8. The molecule has 5 nitrogen and oxygen atoms in total. The number of hydrogen-bond donors (Lipinski definition) is 3. The first kappa shape index (κ1) is 21.1. The van der Waals surface area contributed by atoms with Gasteiger partial charge in [0.2, 0.25) is 0 Å². The molecule has 0 radical (unpaired) electrons. The Balaban J connectivity index is 0.000000885. The average Bonchev–Trinajstić information content (AvgIpc) is 2.41. The Bertz CT molecular complexity index is 476. The van der Waals surface area contributed by atoms with E-state index in [1.165, 1.54) is 7.11 Å². The van der Waals surface area contributed by atoms with E-state index in [0.29, 0.717) is 22.3 Å². The highest BCUT2D eigenvalue weighted by molar-refractivity contribution is 8.09. The van der Waals surface area contributed by atoms with Crippen molar-refractivity contribution in [2.45, 2.75) is 19.9 Å². The molecule has 0 saturated heterocycles. The minimum Gasteiger partial charge on any atom is -0.431 e. The van der Waals surface area contributed by atoms with Crippen molar-refractivity contribution in [3.8, 4) is 5.75 Å². The van der Waals surface area contributed by atoms with Gasteiger partial charge in [-0.25, -0.2) is 5.09 Å². The summed E-state index contributed by atoms with van der Waals surface area (Å²) < 4.78 is 10.9. The van der Waals surface area contributed by atoms with Gasteiger partial charge in [-0.05, 0) is 43.9 Å². The molecule has 1 unspecified atom stereocenters. The lowest BCUT2D eigenvalue weighted by Crippen LogP contribution is -2.22. The molecule has 4 N–H and O–H groups in total. The van der Waals surface area contributed by atoms with Crippen molar-refractivity contribution < 1.29 is 14.2 Å². The van der Waals surface area contributed by atoms with Gasteiger partial charge in [-0.2, -0.15) is 0 Å². The summed E-state index contributed by atoms with van der Waals surface area (Å²) in [6, 6.07) is 5.12. The Labute approximate surface area is 140 Å². The molecule has 1 rings (SSSR count). The smallest absolute Gasteiger partial charge is 0.312 e. The predicted octanol–water partition coefficient (Wildman–Crippen LogP) is 3.18. The van der Waals surface area contributed by atoms with Gasteiger partial charge in [-0.1, -0.05) is 23.2 Å². The van der Waals surface area contributed by atoms with E-state index in [4.69, 9.17) is 54.9 Å². The molecule has 0 heterocycles. The van der Waals surface area contributed by atoms with Crippen LogP contribution in [0.2, 0.25) is 10.0 Å². The highest BCUT2D eigenvalue weighted by Crippen LogP contribution is 2.46. The zero-order valence-corrected chi connectivity index (χ0v) is 15.4. The van der Waals surface area contributed by atoms with Crippen LogP contribution in [0.3, 0.4) is 0 Å². The van der Waals surface area contributed by atoms with E-state index in [1.54, 1.807) is 18.2 Å². The third-order valence-corrected chi connectivity index (χ3v) is 5.17. The molecule has 1 aromatic rings. The maximum atomic E-state index is 7.75. The van der Waals surface area contributed by atoms with Crippen molar-refractivity contribution in [1.82, 2.24) is 5.09 Å². The molecule has 0 aromatic heterocycles. The molecule has 0 aliphatic rings. The minimum atomic E-state index is -2.56. The summed E-state index contributed by atoms with van der Waals surface area (Å²) in [4.78, 5) is 0. The normalized spacial score (nSPS) is 13.3. The van der Waals surface area contributed by atoms with Crippen molar-refractivity contribution in [3.63, 3.8) is 0 Å². The summed E-state index contributed by atoms with van der Waals surface area (Å²) in [6.07, 6.45) is 0. The molecule has 0 amide bonds. The van der Waals surface area contributed by atoms with E-state index in [-0.39, 0.29) is 12.6 Å². The third kappa shape index (κ3) is 8.96. The highest BCUT2D eigenvalue weighted by Gasteiger charge is 2.21. The highest BCUT2D eigenvalue weighted by atomic mass is 35.5. The number of aliphatic hydroxyl groups excluding tert-OH is 1. The van der Waals surface area contributed by atoms with Crippen LogP contribution in [-0.4, -0.2) is 31.4 Å². The molecule has 21 heavy (non-hydrogen) atoms. The number of nitrogens with one attached hydrogen (secondary N) is 1. The molecule has 0 saturated carbocycles. The van der Waals surface area contributed by atoms with Crippen molar-refractivity contribution in [1.29, 1.82) is 0 Å². The van der Waals surface area contributed by atoms with Crippen LogP contribution < -0.4 is 15.3 Å². The topological polar surface area (TPSA) is 76.7 Å². The molecule has 1 atom stereocenters. The number of benzene rings is 1. The van der Waals surface area contributed by atoms with Crippen LogP contribution >= 0.6 is 29.8 Å². The first-order valence-electron chi connectivity index (χ1n) is 6.17. The fourth-order valence-corrected chi connectivity index (χ4v) is 3.77. The largest absolute Gasteiger partial charge is 0.431 e. The Kier molecular flexibility index (Phi) is 10.8. The second-order valence-electron chi connectivity index (χ2n) is 4.14. The van der Waals surface area contributed by atoms with Crippen LogP contribution in [-0.2, 0) is 16.3 Å². The molecular formula is C12H21Cl2N2O3PS. The summed E-state index contributed by atoms with van der Waals surface area (Å²) in [7, 11) is 1.51. The molecule has 9 heteroatoms. The fourth-order valence-electron chi connectivity index (χ4n) is 1.11. The van der Waals surface area contributed by atoms with Gasteiger partial charge in [0.15, 0.2) is 0 Å². The summed E-state index contributed by atoms with van der Waals surface area (Å²) in [6.45, 7) is 1.84. The van der Waals surface area contributed by atoms with E-state index in [2.05, 4.69) is 5.09 Å². The lowest BCUT2D eigenvalue weighted by Gasteiger charge is -2.24. The Morgan fingerprint density at radius 2 is 2.00 bits per heavy atom. The van der Waals surface area contributed by atoms with E-state index in [1.807, 2.05) is 13.8 Å². The van der Waals surface area contributed by atoms with Crippen molar-refractivity contribution in [3.05, 3.63) is 28.2 Å². The van der Waals surface area contributed by atoms with Crippen molar-refractivity contribution in [2.75, 3.05) is 20.3 Å². The number of halogens is 2. The summed E-state index contributed by atoms with van der Waals surface area (Å²) in [5.74, 6) is 0.467. The third-order valence-electron chi connectivity index (χ3n) is 1.90. The van der Waals surface area contributed by atoms with Crippen LogP contribution in [0.1, 0.15) is 13.8 Å². The standard InChI is InChI=1S/C10H14Cl2NO2PS.C2H7NO/c1-7(2)13-16(17,14-3)15-10-5-4-8(11)6-9(10)12;3-1-2-4/h4-7H,1-3H3,(H,13,17);4H,1-3H2. The predicted molar refractivity (Wildman–Crippen MR) is 92.8 cm³/mol. The quantitative estimate of drug-likeness (QED) is 0.663. The number of hydrogen-bond acceptors (Lipinski definition) is 5. The maximum absolute atomic E-state index is 7.75. The molecule has 0 fully saturated rings. The van der Waals surface area contributed by atoms with Crippen LogP contribution in [0.25, 0.3) is 0 Å². The van der Waals surface area contributed by atoms with Gasteiger partial charge in [0, 0.05) is 24.7 Å². The van der Waals surface area contributed by atoms with Gasteiger partial charge in [-0.15, -0.1) is 0 Å². The van der Waals surface area contributed by atoms with Crippen LogP contribution in [0.5, 0.6) is 5.75 Å². The van der Waals surface area contributed by atoms with Gasteiger partial charge in [0.25, 0.3) is 0 Å². The molecule has 1 aromatic carbocycles. The van der Waals surface area contributed by atoms with E-state index >= 15 is 0 Å². The van der Waals surface area contributed by atoms with E-state index < -0.39 is 6.64 Å². The molecule has 0 aliphatic heterocycles. The van der Waals surface area contributed by atoms with Gasteiger partial charge >= 0.3 is 6.64 Å². The Hall–Kier alpha value is 0.0900. The van der Waals surface area contributed by atoms with Gasteiger partial charge in [0.1, 0.15) is 5.75 Å². The molecule has 122 valence electrons. The lowest BCUT2D eigenvalue weighted by molar-refractivity contribution is 0.306. The zero-order valence-electron chi connectivity index (χ0n) is 12.2. The lowest BCUT2D eigenvalue weighted by atomic mass is 10.3. The molecule has 0 spiro atoms. The number of aliphatic hydroxyl groups is 1. The van der Waals surface area contributed by atoms with Crippen LogP contribution in [0.15, 0.2) is 18.2 Å². The van der Waals surface area contributed by atoms with Gasteiger partial charge in [0.05, 0.1) is 11.6 Å². The maximum Gasteiger partial charge on any atom is 0.312 e. The number of nitrogens with two attached hydrogens (primary N) is 1. The van der Waals surface area contributed by atoms with Gasteiger partial charge < -0.3 is 19.9 Å². The summed E-state index contributed by atoms with van der Waals surface area (Å²) >= 11 is 17.1. The SMILES string of the molecule is COP(=S)(NC(C)C)Oc1ccc(Cl)cc1Cl.NCCO. The van der Waals surface area contributed by atoms with Crippen molar-refractivity contribution >= 4 is 41.7 Å². The fraction of sp³-hybridized carbons (Fsp3) is 0.500. The Morgan fingerprint density at radius 1 is 1.43 bits per heavy atom. The summed E-state index contributed by atoms with van der Waals surface area (Å²) in [5.41, 5.74) is 4.78. The first-order valence-corrected chi connectivity index (χ1v) is 9.56. The second-order valence-corrected chi connectivity index (χ2v) is 8.23. The van der Waals surface area contributed by atoms with Crippen molar-refractivity contribution in [2.24, 2.45) is 5.73 Å². The van der Waals surface area contributed by atoms with E-state index in [9.17, 15) is 0 Å². The van der Waals surface area contributed by atoms with Crippen LogP contribution in [0, 0.1) is 0 Å². The van der Waals surface area contributed by atoms with Gasteiger partial charge in [-0.3, -0.25) is 0 Å². The minimum absolute atomic E-state index is 0.0972. The number of rotatable bonds is 6. The first-order chi connectivity index (χ1) is 9.77. The van der Waals surface area contributed by atoms with E-state index in [0.717, 1.165) is 0 Å². The molecular weight excluding hydrogens is 354 g/mol. The zero-order chi connectivity index (χ0) is 16.5. The molecule has 0 bridgehead atoms. The monoisotopic (exact) mass is 374 g/mol. The average molecular weight is 375 g/mol. The van der Waals surface area contributed by atoms with Crippen LogP contribution in [0.4, 0.5) is 0 Å². The Morgan fingerprint density at radius 3 is 2.38 bits per heavy atom.